The van der Waals surface area contributed by atoms with Gasteiger partial charge < -0.3 is 14.6 Å². The van der Waals surface area contributed by atoms with E-state index in [-0.39, 0.29) is 35.5 Å². The average Bonchev–Trinajstić information content (AvgIpc) is 3.36. The van der Waals surface area contributed by atoms with Crippen molar-refractivity contribution in [2.24, 2.45) is 28.8 Å². The molecule has 2 bridgehead atoms. The number of fused-ring (bicyclic) bond motifs is 5. The van der Waals surface area contributed by atoms with Crippen molar-refractivity contribution >= 4 is 24.0 Å². The Kier molecular flexibility index (Phi) is 4.86. The lowest BCUT2D eigenvalue weighted by Crippen LogP contribution is -2.28. The van der Waals surface area contributed by atoms with Crippen LogP contribution in [0.2, 0.25) is 0 Å². The zero-order valence-corrected chi connectivity index (χ0v) is 16.1. The lowest BCUT2D eigenvalue weighted by Gasteiger charge is -2.15. The molecule has 2 aliphatic carbocycles. The highest BCUT2D eigenvalue weighted by atomic mass is 16.5. The van der Waals surface area contributed by atoms with E-state index in [4.69, 9.17) is 14.6 Å². The summed E-state index contributed by atoms with van der Waals surface area (Å²) in [4.78, 5) is 36.4. The topological polar surface area (TPSA) is 106 Å². The van der Waals surface area contributed by atoms with Gasteiger partial charge in [0, 0.05) is 0 Å². The van der Waals surface area contributed by atoms with Gasteiger partial charge in [0.15, 0.2) is 17.6 Å². The van der Waals surface area contributed by atoms with Gasteiger partial charge in [-0.15, -0.1) is 0 Å². The van der Waals surface area contributed by atoms with Crippen LogP contribution in [0.25, 0.3) is 0 Å². The number of carbonyl (C=O) groups excluding carboxylic acids is 2. The third-order valence-electron chi connectivity index (χ3n) is 5.69. The summed E-state index contributed by atoms with van der Waals surface area (Å²) in [7, 11) is 0. The van der Waals surface area contributed by atoms with Crippen LogP contribution in [0.4, 0.5) is 0 Å². The monoisotopic (exact) mass is 398 g/mol. The molecule has 29 heavy (non-hydrogen) atoms. The maximum absolute atomic E-state index is 12.7. The molecule has 2 fully saturated rings. The minimum Gasteiger partial charge on any atom is -0.490 e. The van der Waals surface area contributed by atoms with Crippen LogP contribution in [0.1, 0.15) is 25.8 Å². The van der Waals surface area contributed by atoms with Gasteiger partial charge in [-0.05, 0) is 55.9 Å². The number of amides is 2. The predicted octanol–water partition coefficient (Wildman–Crippen LogP) is 2.08. The van der Waals surface area contributed by atoms with E-state index in [0.717, 1.165) is 11.4 Å². The molecule has 2 amide bonds. The maximum Gasteiger partial charge on any atom is 0.344 e. The van der Waals surface area contributed by atoms with Crippen LogP contribution >= 0.6 is 0 Å². The first-order valence-electron chi connectivity index (χ1n) is 9.67. The van der Waals surface area contributed by atoms with Gasteiger partial charge in [-0.3, -0.25) is 9.59 Å². The molecule has 5 atom stereocenters. The summed E-state index contributed by atoms with van der Waals surface area (Å²) in [6.45, 7) is 3.59. The largest absolute Gasteiger partial charge is 0.490 e. The minimum absolute atomic E-state index is 0.138. The van der Waals surface area contributed by atoms with Crippen LogP contribution in [0.15, 0.2) is 35.5 Å². The van der Waals surface area contributed by atoms with E-state index in [2.05, 4.69) is 5.10 Å². The van der Waals surface area contributed by atoms with Crippen molar-refractivity contribution in [3.8, 4) is 11.5 Å². The van der Waals surface area contributed by atoms with Gasteiger partial charge in [0.2, 0.25) is 0 Å². The number of rotatable bonds is 7. The summed E-state index contributed by atoms with van der Waals surface area (Å²) in [5, 5.41) is 14.2. The summed E-state index contributed by atoms with van der Waals surface area (Å²) in [6.07, 6.45) is 5.35. The fraction of sp³-hybridized carbons (Fsp3) is 0.429. The smallest absolute Gasteiger partial charge is 0.344 e. The summed E-state index contributed by atoms with van der Waals surface area (Å²) in [5.41, 5.74) is 0.600. The van der Waals surface area contributed by atoms with Crippen LogP contribution in [-0.2, 0) is 14.4 Å². The second-order valence-corrected chi connectivity index (χ2v) is 7.47. The number of hydrogen-bond donors (Lipinski definition) is 1. The Morgan fingerprint density at radius 3 is 2.48 bits per heavy atom. The summed E-state index contributed by atoms with van der Waals surface area (Å²) in [5.74, 6) is -1.21. The van der Waals surface area contributed by atoms with Crippen LogP contribution < -0.4 is 9.47 Å². The number of carboxylic acid groups (broad SMARTS) is 1. The first-order valence-corrected chi connectivity index (χ1v) is 9.67. The van der Waals surface area contributed by atoms with E-state index in [1.807, 2.05) is 12.2 Å². The Bertz CT molecular complexity index is 894. The third kappa shape index (κ3) is 3.28. The molecule has 8 nitrogen and oxygen atoms in total. The van der Waals surface area contributed by atoms with Crippen molar-refractivity contribution in [2.75, 3.05) is 6.61 Å². The number of ether oxygens (including phenoxy) is 2. The molecule has 1 saturated heterocycles. The van der Waals surface area contributed by atoms with Crippen molar-refractivity contribution in [2.45, 2.75) is 26.4 Å². The number of allylic oxidation sites excluding steroid dienone is 2. The molecule has 1 heterocycles. The fourth-order valence-electron chi connectivity index (χ4n) is 4.34. The number of hydrazone groups is 1. The Labute approximate surface area is 167 Å². The lowest BCUT2D eigenvalue weighted by molar-refractivity contribution is -0.144. The molecule has 1 aromatic carbocycles. The third-order valence-corrected chi connectivity index (χ3v) is 5.69. The zero-order valence-electron chi connectivity index (χ0n) is 16.1. The molecule has 0 aromatic heterocycles. The first kappa shape index (κ1) is 19.2. The van der Waals surface area contributed by atoms with Crippen LogP contribution in [-0.4, -0.2) is 46.8 Å². The number of aliphatic carboxylic acids is 1. The van der Waals surface area contributed by atoms with E-state index >= 15 is 0 Å². The Morgan fingerprint density at radius 2 is 1.90 bits per heavy atom. The predicted molar refractivity (Wildman–Crippen MR) is 103 cm³/mol. The highest BCUT2D eigenvalue weighted by Crippen LogP contribution is 2.52. The van der Waals surface area contributed by atoms with Crippen molar-refractivity contribution in [3.63, 3.8) is 0 Å². The maximum atomic E-state index is 12.7. The molecule has 0 radical (unpaired) electrons. The van der Waals surface area contributed by atoms with E-state index < -0.39 is 12.1 Å². The SMILES string of the molecule is CCOc1cc(C=NN2C(=O)C3C4C=CC(C4)C3C2=O)ccc1OC(C)C(=O)O. The molecular formula is C21H22N2O6. The van der Waals surface area contributed by atoms with Crippen molar-refractivity contribution in [1.29, 1.82) is 0 Å². The zero-order chi connectivity index (χ0) is 20.7. The standard InChI is InChI=1S/C21H22N2O6/c1-3-28-16-8-12(4-7-15(16)29-11(2)21(26)27)10-22-23-19(24)17-13-5-6-14(9-13)18(17)20(23)25/h4-8,10-11,13-14,17-18H,3,9H2,1-2H3,(H,26,27). The molecular weight excluding hydrogens is 376 g/mol. The molecule has 1 N–H and O–H groups in total. The summed E-state index contributed by atoms with van der Waals surface area (Å²) >= 11 is 0. The van der Waals surface area contributed by atoms with Crippen LogP contribution in [0.5, 0.6) is 11.5 Å². The second-order valence-electron chi connectivity index (χ2n) is 7.47. The molecule has 1 aromatic rings. The molecule has 1 aliphatic heterocycles. The molecule has 8 heteroatoms. The number of nitrogens with zero attached hydrogens (tertiary/aromatic N) is 2. The number of carboxylic acids is 1. The molecule has 3 aliphatic rings. The quantitative estimate of drug-likeness (QED) is 0.428. The summed E-state index contributed by atoms with van der Waals surface area (Å²) in [6, 6.07) is 4.87. The normalized spacial score (nSPS) is 28.3. The highest BCUT2D eigenvalue weighted by molar-refractivity contribution is 6.06. The van der Waals surface area contributed by atoms with Gasteiger partial charge in [0.1, 0.15) is 0 Å². The van der Waals surface area contributed by atoms with Crippen molar-refractivity contribution in [1.82, 2.24) is 5.01 Å². The van der Waals surface area contributed by atoms with E-state index in [9.17, 15) is 14.4 Å². The number of hydrogen-bond acceptors (Lipinski definition) is 6. The number of carbonyl (C=O) groups is 3. The van der Waals surface area contributed by atoms with E-state index in [0.29, 0.717) is 23.7 Å². The number of benzene rings is 1. The minimum atomic E-state index is -1.09. The Morgan fingerprint density at radius 1 is 1.24 bits per heavy atom. The summed E-state index contributed by atoms with van der Waals surface area (Å²) < 4.78 is 10.9. The van der Waals surface area contributed by atoms with Gasteiger partial charge in [-0.2, -0.15) is 10.1 Å². The first-order chi connectivity index (χ1) is 13.9. The Hall–Kier alpha value is -3.16. The fourth-order valence-corrected chi connectivity index (χ4v) is 4.34. The van der Waals surface area contributed by atoms with Gasteiger partial charge >= 0.3 is 5.97 Å². The van der Waals surface area contributed by atoms with Crippen molar-refractivity contribution in [3.05, 3.63) is 35.9 Å². The second kappa shape index (κ2) is 7.35. The van der Waals surface area contributed by atoms with Gasteiger partial charge in [0.05, 0.1) is 24.7 Å². The lowest BCUT2D eigenvalue weighted by atomic mass is 9.85. The van der Waals surface area contributed by atoms with Gasteiger partial charge in [0.25, 0.3) is 11.8 Å². The van der Waals surface area contributed by atoms with Crippen molar-refractivity contribution < 1.29 is 29.0 Å². The molecule has 5 unspecified atom stereocenters. The van der Waals surface area contributed by atoms with Gasteiger partial charge in [-0.1, -0.05) is 12.2 Å². The molecule has 4 rings (SSSR count). The molecule has 152 valence electrons. The average molecular weight is 398 g/mol. The highest BCUT2D eigenvalue weighted by Gasteiger charge is 2.59. The van der Waals surface area contributed by atoms with Gasteiger partial charge in [-0.25, -0.2) is 4.79 Å². The van der Waals surface area contributed by atoms with E-state index in [1.165, 1.54) is 13.1 Å². The molecule has 1 saturated carbocycles. The van der Waals surface area contributed by atoms with Crippen LogP contribution in [0, 0.1) is 23.7 Å². The molecule has 0 spiro atoms. The Balaban J connectivity index is 1.53. The van der Waals surface area contributed by atoms with E-state index in [1.54, 1.807) is 25.1 Å². The number of imide groups is 1. The van der Waals surface area contributed by atoms with Crippen LogP contribution in [0.3, 0.4) is 0 Å².